The van der Waals surface area contributed by atoms with E-state index in [1.807, 2.05) is 35.1 Å². The van der Waals surface area contributed by atoms with Crippen LogP contribution in [0.25, 0.3) is 0 Å². The van der Waals surface area contributed by atoms with Crippen LogP contribution >= 0.6 is 0 Å². The minimum atomic E-state index is 0.326. The van der Waals surface area contributed by atoms with Gasteiger partial charge in [0.15, 0.2) is 0 Å². The van der Waals surface area contributed by atoms with E-state index in [9.17, 15) is 0 Å². The molecule has 3 N–H and O–H groups in total. The van der Waals surface area contributed by atoms with E-state index in [1.165, 1.54) is 5.56 Å². The maximum atomic E-state index is 5.87. The van der Waals surface area contributed by atoms with Crippen molar-refractivity contribution in [2.24, 2.45) is 5.73 Å². The van der Waals surface area contributed by atoms with Crippen molar-refractivity contribution in [3.05, 3.63) is 71.9 Å². The molecule has 0 atom stereocenters. The molecule has 6 heteroatoms. The first-order valence-electron chi connectivity index (χ1n) is 8.63. The largest absolute Gasteiger partial charge is 0.366 e. The molecule has 25 heavy (non-hydrogen) atoms. The number of rotatable bonds is 6. The van der Waals surface area contributed by atoms with E-state index in [2.05, 4.69) is 38.7 Å². The quantitative estimate of drug-likeness (QED) is 0.724. The highest BCUT2D eigenvalue weighted by atomic mass is 15.3. The average Bonchev–Trinajstić information content (AvgIpc) is 3.06. The summed E-state index contributed by atoms with van der Waals surface area (Å²) in [6.07, 6.45) is 7.61. The highest BCUT2D eigenvalue weighted by Gasteiger charge is 2.28. The SMILES string of the molecule is NC1CC(c2cc(NCc3cnn(Cc4ccccc4)c3)ncn2)C1. The molecule has 3 aromatic rings. The predicted octanol–water partition coefficient (Wildman–Crippen LogP) is 2.54. The summed E-state index contributed by atoms with van der Waals surface area (Å²) in [6, 6.07) is 12.7. The van der Waals surface area contributed by atoms with Gasteiger partial charge < -0.3 is 11.1 Å². The predicted molar refractivity (Wildman–Crippen MR) is 97.1 cm³/mol. The molecule has 0 aliphatic heterocycles. The summed E-state index contributed by atoms with van der Waals surface area (Å²) in [6.45, 7) is 1.47. The van der Waals surface area contributed by atoms with Crippen molar-refractivity contribution >= 4 is 5.82 Å². The minimum absolute atomic E-state index is 0.326. The van der Waals surface area contributed by atoms with Crippen LogP contribution in [0, 0.1) is 0 Å². The first kappa shape index (κ1) is 15.8. The van der Waals surface area contributed by atoms with Gasteiger partial charge in [-0.05, 0) is 18.4 Å². The van der Waals surface area contributed by atoms with Gasteiger partial charge in [0.2, 0.25) is 0 Å². The Labute approximate surface area is 147 Å². The molecule has 1 saturated carbocycles. The number of anilines is 1. The van der Waals surface area contributed by atoms with Crippen molar-refractivity contribution in [3.8, 4) is 0 Å². The zero-order valence-electron chi connectivity index (χ0n) is 14.0. The summed E-state index contributed by atoms with van der Waals surface area (Å²) >= 11 is 0. The lowest BCUT2D eigenvalue weighted by atomic mass is 9.79. The lowest BCUT2D eigenvalue weighted by Crippen LogP contribution is -2.35. The number of aromatic nitrogens is 4. The molecule has 4 rings (SSSR count). The van der Waals surface area contributed by atoms with Crippen LogP contribution in [0.15, 0.2) is 55.1 Å². The Balaban J connectivity index is 1.35. The number of nitrogens with one attached hydrogen (secondary N) is 1. The third kappa shape index (κ3) is 3.85. The van der Waals surface area contributed by atoms with Crippen LogP contribution < -0.4 is 11.1 Å². The van der Waals surface area contributed by atoms with Crippen molar-refractivity contribution < 1.29 is 0 Å². The van der Waals surface area contributed by atoms with Gasteiger partial charge in [0.25, 0.3) is 0 Å². The molecule has 1 aliphatic rings. The summed E-state index contributed by atoms with van der Waals surface area (Å²) in [4.78, 5) is 8.69. The molecule has 0 amide bonds. The molecule has 0 bridgehead atoms. The standard InChI is InChI=1S/C19H22N6/c20-17-6-16(7-17)18-8-19(23-13-22-18)21-9-15-10-24-25(12-15)11-14-4-2-1-3-5-14/h1-5,8,10,12-13,16-17H,6-7,9,11,20H2,(H,21,22,23). The number of nitrogens with two attached hydrogens (primary N) is 1. The summed E-state index contributed by atoms with van der Waals surface area (Å²) in [5, 5.41) is 7.79. The molecular weight excluding hydrogens is 312 g/mol. The average molecular weight is 334 g/mol. The Morgan fingerprint density at radius 1 is 1.12 bits per heavy atom. The summed E-state index contributed by atoms with van der Waals surface area (Å²) in [5.74, 6) is 1.33. The molecular formula is C19H22N6. The van der Waals surface area contributed by atoms with Gasteiger partial charge in [-0.1, -0.05) is 30.3 Å². The first-order valence-corrected chi connectivity index (χ1v) is 8.63. The third-order valence-electron chi connectivity index (χ3n) is 4.63. The molecule has 1 aliphatic carbocycles. The lowest BCUT2D eigenvalue weighted by molar-refractivity contribution is 0.345. The van der Waals surface area contributed by atoms with Crippen molar-refractivity contribution in [3.63, 3.8) is 0 Å². The second-order valence-corrected chi connectivity index (χ2v) is 6.64. The Bertz CT molecular complexity index is 823. The van der Waals surface area contributed by atoms with Crippen LogP contribution in [0.2, 0.25) is 0 Å². The van der Waals surface area contributed by atoms with Crippen molar-refractivity contribution in [2.45, 2.75) is 37.9 Å². The second kappa shape index (κ2) is 7.03. The molecule has 0 radical (unpaired) electrons. The van der Waals surface area contributed by atoms with Crippen LogP contribution in [-0.4, -0.2) is 25.8 Å². The van der Waals surface area contributed by atoms with Gasteiger partial charge in [-0.3, -0.25) is 4.68 Å². The van der Waals surface area contributed by atoms with Crippen molar-refractivity contribution in [1.82, 2.24) is 19.7 Å². The molecule has 1 aromatic carbocycles. The van der Waals surface area contributed by atoms with E-state index in [4.69, 9.17) is 5.73 Å². The molecule has 2 heterocycles. The summed E-state index contributed by atoms with van der Waals surface area (Å²) in [5.41, 5.74) is 9.32. The zero-order valence-corrected chi connectivity index (χ0v) is 14.0. The van der Waals surface area contributed by atoms with Gasteiger partial charge in [0.05, 0.1) is 12.7 Å². The monoisotopic (exact) mass is 334 g/mol. The normalized spacial score (nSPS) is 19.4. The molecule has 0 spiro atoms. The molecule has 1 fully saturated rings. The Morgan fingerprint density at radius 3 is 2.76 bits per heavy atom. The van der Waals surface area contributed by atoms with Crippen molar-refractivity contribution in [1.29, 1.82) is 0 Å². The fourth-order valence-electron chi connectivity index (χ4n) is 3.14. The number of hydrogen-bond acceptors (Lipinski definition) is 5. The van der Waals surface area contributed by atoms with Crippen molar-refractivity contribution in [2.75, 3.05) is 5.32 Å². The highest BCUT2D eigenvalue weighted by molar-refractivity contribution is 5.37. The van der Waals surface area contributed by atoms with Crippen LogP contribution in [-0.2, 0) is 13.1 Å². The Kier molecular flexibility index (Phi) is 4.43. The van der Waals surface area contributed by atoms with Crippen LogP contribution in [0.1, 0.15) is 35.6 Å². The van der Waals surface area contributed by atoms with Crippen LogP contribution in [0.5, 0.6) is 0 Å². The maximum absolute atomic E-state index is 5.87. The molecule has 128 valence electrons. The van der Waals surface area contributed by atoms with Crippen LogP contribution in [0.4, 0.5) is 5.82 Å². The van der Waals surface area contributed by atoms with E-state index in [0.29, 0.717) is 18.5 Å². The van der Waals surface area contributed by atoms with E-state index < -0.39 is 0 Å². The van der Waals surface area contributed by atoms with E-state index in [0.717, 1.165) is 36.5 Å². The van der Waals surface area contributed by atoms with E-state index in [-0.39, 0.29) is 0 Å². The smallest absolute Gasteiger partial charge is 0.129 e. The summed E-state index contributed by atoms with van der Waals surface area (Å²) < 4.78 is 1.95. The van der Waals surface area contributed by atoms with Gasteiger partial charge in [-0.2, -0.15) is 5.10 Å². The van der Waals surface area contributed by atoms with Gasteiger partial charge in [-0.25, -0.2) is 9.97 Å². The van der Waals surface area contributed by atoms with E-state index >= 15 is 0 Å². The Hall–Kier alpha value is -2.73. The van der Waals surface area contributed by atoms with E-state index in [1.54, 1.807) is 6.33 Å². The summed E-state index contributed by atoms with van der Waals surface area (Å²) in [7, 11) is 0. The maximum Gasteiger partial charge on any atom is 0.129 e. The molecule has 0 saturated heterocycles. The van der Waals surface area contributed by atoms with Crippen LogP contribution in [0.3, 0.4) is 0 Å². The highest BCUT2D eigenvalue weighted by Crippen LogP contribution is 2.34. The molecule has 0 unspecified atom stereocenters. The molecule has 6 nitrogen and oxygen atoms in total. The number of hydrogen-bond donors (Lipinski definition) is 2. The third-order valence-corrected chi connectivity index (χ3v) is 4.63. The number of benzene rings is 1. The van der Waals surface area contributed by atoms with Gasteiger partial charge in [0, 0.05) is 42.0 Å². The minimum Gasteiger partial charge on any atom is -0.366 e. The topological polar surface area (TPSA) is 81.6 Å². The lowest BCUT2D eigenvalue weighted by Gasteiger charge is -2.31. The zero-order chi connectivity index (χ0) is 17.1. The fourth-order valence-corrected chi connectivity index (χ4v) is 3.14. The number of nitrogens with zero attached hydrogens (tertiary/aromatic N) is 4. The molecule has 2 aromatic heterocycles. The first-order chi connectivity index (χ1) is 12.3. The Morgan fingerprint density at radius 2 is 1.96 bits per heavy atom. The van der Waals surface area contributed by atoms with Gasteiger partial charge in [0.1, 0.15) is 12.1 Å². The fraction of sp³-hybridized carbons (Fsp3) is 0.316. The van der Waals surface area contributed by atoms with Gasteiger partial charge >= 0.3 is 0 Å². The second-order valence-electron chi connectivity index (χ2n) is 6.64. The van der Waals surface area contributed by atoms with Gasteiger partial charge in [-0.15, -0.1) is 0 Å².